The number of nitrogens with one attached hydrogen (secondary N) is 1. The minimum Gasteiger partial charge on any atom is -0.453 e. The standard InChI is InChI=1S/C16H9FN4O2S/c17-10-5-9(21-22)1-2-13(10)23-14-3-4-19-11-6-15(24-16(11)14)12-7-18-8-20-12/h1-8H,(H,18,20). The Kier molecular flexibility index (Phi) is 3.51. The van der Waals surface area contributed by atoms with E-state index in [2.05, 4.69) is 20.1 Å². The molecule has 0 spiro atoms. The Hall–Kier alpha value is -3.13. The smallest absolute Gasteiger partial charge is 0.167 e. The lowest BCUT2D eigenvalue weighted by molar-refractivity contribution is 0.447. The van der Waals surface area contributed by atoms with Crippen LogP contribution in [-0.4, -0.2) is 15.0 Å². The number of pyridine rings is 1. The fraction of sp³-hybridized carbons (Fsp3) is 0. The second-order valence-corrected chi connectivity index (χ2v) is 5.95. The Morgan fingerprint density at radius 2 is 2.08 bits per heavy atom. The van der Waals surface area contributed by atoms with Crippen molar-refractivity contribution in [3.05, 3.63) is 59.8 Å². The normalized spacial score (nSPS) is 10.9. The van der Waals surface area contributed by atoms with Crippen LogP contribution in [0.4, 0.5) is 10.1 Å². The van der Waals surface area contributed by atoms with Gasteiger partial charge in [-0.25, -0.2) is 9.37 Å². The molecule has 0 saturated carbocycles. The molecule has 0 fully saturated rings. The van der Waals surface area contributed by atoms with E-state index >= 15 is 0 Å². The van der Waals surface area contributed by atoms with Crippen molar-refractivity contribution in [2.75, 3.05) is 0 Å². The van der Waals surface area contributed by atoms with Gasteiger partial charge in [0.15, 0.2) is 11.6 Å². The maximum Gasteiger partial charge on any atom is 0.167 e. The molecule has 0 unspecified atom stereocenters. The summed E-state index contributed by atoms with van der Waals surface area (Å²) in [7, 11) is 0. The number of nitrogens with zero attached hydrogens (tertiary/aromatic N) is 3. The zero-order valence-corrected chi connectivity index (χ0v) is 12.9. The van der Waals surface area contributed by atoms with E-state index in [-0.39, 0.29) is 11.4 Å². The highest BCUT2D eigenvalue weighted by Gasteiger charge is 2.13. The number of H-pyrrole nitrogens is 1. The maximum atomic E-state index is 14.0. The summed E-state index contributed by atoms with van der Waals surface area (Å²) in [5.41, 5.74) is 1.55. The minimum atomic E-state index is -0.652. The van der Waals surface area contributed by atoms with Gasteiger partial charge in [0.05, 0.1) is 27.1 Å². The Bertz CT molecular complexity index is 1030. The summed E-state index contributed by atoms with van der Waals surface area (Å²) >= 11 is 1.45. The average molecular weight is 340 g/mol. The van der Waals surface area contributed by atoms with Crippen LogP contribution < -0.4 is 4.74 Å². The SMILES string of the molecule is O=Nc1ccc(Oc2ccnc3cc(-c4c[nH]cn4)sc23)c(F)c1. The summed E-state index contributed by atoms with van der Waals surface area (Å²) in [6.07, 6.45) is 4.98. The number of benzene rings is 1. The van der Waals surface area contributed by atoms with E-state index in [1.807, 2.05) is 6.07 Å². The van der Waals surface area contributed by atoms with E-state index in [9.17, 15) is 9.30 Å². The summed E-state index contributed by atoms with van der Waals surface area (Å²) in [4.78, 5) is 22.8. The van der Waals surface area contributed by atoms with Gasteiger partial charge in [0, 0.05) is 24.5 Å². The van der Waals surface area contributed by atoms with E-state index < -0.39 is 5.82 Å². The van der Waals surface area contributed by atoms with Crippen molar-refractivity contribution in [3.63, 3.8) is 0 Å². The van der Waals surface area contributed by atoms with Gasteiger partial charge in [0.25, 0.3) is 0 Å². The molecular formula is C16H9FN4O2S. The lowest BCUT2D eigenvalue weighted by Gasteiger charge is -2.07. The number of hydrogen-bond donors (Lipinski definition) is 1. The van der Waals surface area contributed by atoms with Crippen LogP contribution in [0.5, 0.6) is 11.5 Å². The number of rotatable bonds is 4. The number of nitroso groups, excluding NO2 is 1. The van der Waals surface area contributed by atoms with Crippen LogP contribution >= 0.6 is 11.3 Å². The first-order valence-electron chi connectivity index (χ1n) is 6.93. The molecule has 0 radical (unpaired) electrons. The fourth-order valence-corrected chi connectivity index (χ4v) is 3.30. The first kappa shape index (κ1) is 14.5. The molecule has 6 nitrogen and oxygen atoms in total. The largest absolute Gasteiger partial charge is 0.453 e. The minimum absolute atomic E-state index is 0.0108. The van der Waals surface area contributed by atoms with Crippen LogP contribution in [-0.2, 0) is 0 Å². The molecule has 4 rings (SSSR count). The van der Waals surface area contributed by atoms with Gasteiger partial charge in [0.2, 0.25) is 0 Å². The molecule has 3 heterocycles. The average Bonchev–Trinajstić information content (AvgIpc) is 3.25. The lowest BCUT2D eigenvalue weighted by Crippen LogP contribution is -1.88. The summed E-state index contributed by atoms with van der Waals surface area (Å²) in [6.45, 7) is 0. The number of fused-ring (bicyclic) bond motifs is 1. The van der Waals surface area contributed by atoms with Crippen molar-refractivity contribution in [2.24, 2.45) is 5.18 Å². The molecule has 1 aromatic carbocycles. The highest BCUT2D eigenvalue weighted by molar-refractivity contribution is 7.22. The number of halogens is 1. The second kappa shape index (κ2) is 5.82. The number of imidazole rings is 1. The summed E-state index contributed by atoms with van der Waals surface area (Å²) in [5, 5.41) is 2.70. The van der Waals surface area contributed by atoms with Crippen molar-refractivity contribution in [2.45, 2.75) is 0 Å². The van der Waals surface area contributed by atoms with Crippen LogP contribution in [0.3, 0.4) is 0 Å². The van der Waals surface area contributed by atoms with Gasteiger partial charge in [0.1, 0.15) is 11.4 Å². The highest BCUT2D eigenvalue weighted by Crippen LogP contribution is 2.39. The van der Waals surface area contributed by atoms with Crippen molar-refractivity contribution in [3.8, 4) is 22.1 Å². The Morgan fingerprint density at radius 3 is 2.83 bits per heavy atom. The molecule has 0 amide bonds. The van der Waals surface area contributed by atoms with Crippen molar-refractivity contribution >= 4 is 27.2 Å². The molecule has 24 heavy (non-hydrogen) atoms. The third-order valence-electron chi connectivity index (χ3n) is 3.37. The van der Waals surface area contributed by atoms with E-state index in [4.69, 9.17) is 4.74 Å². The molecule has 3 aromatic heterocycles. The number of aromatic amines is 1. The lowest BCUT2D eigenvalue weighted by atomic mass is 10.3. The molecule has 0 aliphatic rings. The van der Waals surface area contributed by atoms with Crippen LogP contribution in [0.1, 0.15) is 0 Å². The highest BCUT2D eigenvalue weighted by atomic mass is 32.1. The number of ether oxygens (including phenoxy) is 1. The zero-order valence-electron chi connectivity index (χ0n) is 12.1. The summed E-state index contributed by atoms with van der Waals surface area (Å²) in [5.74, 6) is -0.150. The molecule has 0 aliphatic carbocycles. The van der Waals surface area contributed by atoms with Gasteiger partial charge >= 0.3 is 0 Å². The molecule has 118 valence electrons. The number of hydrogen-bond acceptors (Lipinski definition) is 6. The quantitative estimate of drug-likeness (QED) is 0.529. The van der Waals surface area contributed by atoms with Gasteiger partial charge < -0.3 is 9.72 Å². The molecule has 0 saturated heterocycles. The predicted molar refractivity (Wildman–Crippen MR) is 89.1 cm³/mol. The zero-order chi connectivity index (χ0) is 16.5. The van der Waals surface area contributed by atoms with Crippen molar-refractivity contribution in [1.29, 1.82) is 0 Å². The van der Waals surface area contributed by atoms with Gasteiger partial charge in [-0.05, 0) is 23.4 Å². The molecule has 8 heteroatoms. The first-order valence-corrected chi connectivity index (χ1v) is 7.75. The van der Waals surface area contributed by atoms with Gasteiger partial charge in [-0.3, -0.25) is 4.98 Å². The number of thiophene rings is 1. The topological polar surface area (TPSA) is 80.2 Å². The summed E-state index contributed by atoms with van der Waals surface area (Å²) in [6, 6.07) is 7.37. The Labute approximate surface area is 138 Å². The van der Waals surface area contributed by atoms with E-state index in [0.29, 0.717) is 5.75 Å². The number of aromatic nitrogens is 3. The molecule has 4 aromatic rings. The van der Waals surface area contributed by atoms with E-state index in [0.717, 1.165) is 26.9 Å². The van der Waals surface area contributed by atoms with Crippen LogP contribution in [0.15, 0.2) is 54.2 Å². The van der Waals surface area contributed by atoms with Gasteiger partial charge in [-0.15, -0.1) is 16.2 Å². The molecular weight excluding hydrogens is 331 g/mol. The van der Waals surface area contributed by atoms with E-state index in [1.54, 1.807) is 24.8 Å². The van der Waals surface area contributed by atoms with Crippen molar-refractivity contribution < 1.29 is 9.13 Å². The molecule has 0 atom stereocenters. The Morgan fingerprint density at radius 1 is 1.17 bits per heavy atom. The van der Waals surface area contributed by atoms with Crippen molar-refractivity contribution in [1.82, 2.24) is 15.0 Å². The van der Waals surface area contributed by atoms with Gasteiger partial charge in [-0.2, -0.15) is 0 Å². The third kappa shape index (κ3) is 2.52. The predicted octanol–water partition coefficient (Wildman–Crippen LogP) is 5.02. The maximum absolute atomic E-state index is 14.0. The fourth-order valence-electron chi connectivity index (χ4n) is 2.26. The molecule has 0 aliphatic heterocycles. The monoisotopic (exact) mass is 340 g/mol. The van der Waals surface area contributed by atoms with Crippen LogP contribution in [0, 0.1) is 10.7 Å². The Balaban J connectivity index is 1.75. The van der Waals surface area contributed by atoms with E-state index in [1.165, 1.54) is 23.5 Å². The van der Waals surface area contributed by atoms with Crippen LogP contribution in [0.25, 0.3) is 20.8 Å². The first-order chi connectivity index (χ1) is 11.7. The molecule has 1 N–H and O–H groups in total. The second-order valence-electron chi connectivity index (χ2n) is 4.90. The molecule has 0 bridgehead atoms. The third-order valence-corrected chi connectivity index (χ3v) is 4.53. The summed E-state index contributed by atoms with van der Waals surface area (Å²) < 4.78 is 20.5. The van der Waals surface area contributed by atoms with Gasteiger partial charge in [-0.1, -0.05) is 0 Å². The van der Waals surface area contributed by atoms with Crippen LogP contribution in [0.2, 0.25) is 0 Å².